The van der Waals surface area contributed by atoms with Crippen molar-refractivity contribution in [3.63, 3.8) is 0 Å². The highest BCUT2D eigenvalue weighted by molar-refractivity contribution is 6.12. The Morgan fingerprint density at radius 2 is 0.957 bits per heavy atom. The van der Waals surface area contributed by atoms with Crippen LogP contribution in [0.1, 0.15) is 0 Å². The Morgan fingerprint density at radius 1 is 0.370 bits per heavy atom. The third-order valence-corrected chi connectivity index (χ3v) is 9.15. The molecule has 216 valence electrons. The lowest BCUT2D eigenvalue weighted by atomic mass is 10.00. The van der Waals surface area contributed by atoms with Gasteiger partial charge in [-0.2, -0.15) is 0 Å². The molecule has 1 heterocycles. The average Bonchev–Trinajstić information content (AvgIpc) is 3.46. The Bertz CT molecular complexity index is 2490. The molecule has 9 aromatic rings. The molecule has 0 saturated heterocycles. The predicted octanol–water partition coefficient (Wildman–Crippen LogP) is 12.2. The van der Waals surface area contributed by atoms with Crippen molar-refractivity contribution >= 4 is 60.4 Å². The lowest BCUT2D eigenvalue weighted by Crippen LogP contribution is -2.10. The number of aromatic nitrogens is 1. The Kier molecular flexibility index (Phi) is 6.17. The van der Waals surface area contributed by atoms with Gasteiger partial charge in [-0.05, 0) is 81.7 Å². The van der Waals surface area contributed by atoms with Gasteiger partial charge >= 0.3 is 0 Å². The highest BCUT2D eigenvalue weighted by Gasteiger charge is 2.19. The predicted molar refractivity (Wildman–Crippen MR) is 196 cm³/mol. The number of anilines is 3. The summed E-state index contributed by atoms with van der Waals surface area (Å²) in [5.74, 6) is 0. The fraction of sp³-hybridized carbons (Fsp3) is 0. The topological polar surface area (TPSA) is 8.17 Å². The molecule has 0 aliphatic carbocycles. The second-order valence-electron chi connectivity index (χ2n) is 11.8. The Labute approximate surface area is 268 Å². The number of para-hydroxylation sites is 4. The lowest BCUT2D eigenvalue weighted by Gasteiger charge is -2.27. The molecule has 0 bridgehead atoms. The van der Waals surface area contributed by atoms with Gasteiger partial charge in [-0.1, -0.05) is 127 Å². The van der Waals surface area contributed by atoms with Crippen LogP contribution in [0.15, 0.2) is 182 Å². The highest BCUT2D eigenvalue weighted by Crippen LogP contribution is 2.42. The van der Waals surface area contributed by atoms with Gasteiger partial charge < -0.3 is 9.47 Å². The van der Waals surface area contributed by atoms with Gasteiger partial charge in [-0.3, -0.25) is 0 Å². The van der Waals surface area contributed by atoms with Crippen LogP contribution >= 0.6 is 0 Å². The van der Waals surface area contributed by atoms with E-state index in [9.17, 15) is 0 Å². The molecule has 0 aliphatic rings. The van der Waals surface area contributed by atoms with Crippen LogP contribution in [0.5, 0.6) is 0 Å². The van der Waals surface area contributed by atoms with Crippen molar-refractivity contribution in [2.24, 2.45) is 0 Å². The van der Waals surface area contributed by atoms with Crippen molar-refractivity contribution in [1.29, 1.82) is 0 Å². The SMILES string of the molecule is c1ccc(N(c2ccccc2)c2ccccc2-c2ccc3c4ccccc4n(-c4ccc5ccc6ccccc6c5c4)c3c2)cc1. The second-order valence-corrected chi connectivity index (χ2v) is 11.8. The van der Waals surface area contributed by atoms with E-state index in [4.69, 9.17) is 0 Å². The molecule has 0 spiro atoms. The molecule has 8 aromatic carbocycles. The summed E-state index contributed by atoms with van der Waals surface area (Å²) in [5, 5.41) is 7.56. The quantitative estimate of drug-likeness (QED) is 0.182. The number of rotatable bonds is 5. The van der Waals surface area contributed by atoms with Gasteiger partial charge in [0.15, 0.2) is 0 Å². The molecule has 0 fully saturated rings. The minimum absolute atomic E-state index is 1.12. The van der Waals surface area contributed by atoms with Crippen LogP contribution in [0.3, 0.4) is 0 Å². The van der Waals surface area contributed by atoms with Crippen LogP contribution in [0.25, 0.3) is 60.2 Å². The molecular weight excluding hydrogens is 556 g/mol. The van der Waals surface area contributed by atoms with E-state index in [0.29, 0.717) is 0 Å². The van der Waals surface area contributed by atoms with Crippen molar-refractivity contribution in [1.82, 2.24) is 4.57 Å². The van der Waals surface area contributed by atoms with E-state index in [0.717, 1.165) is 22.7 Å². The van der Waals surface area contributed by atoms with Crippen LogP contribution in [0.2, 0.25) is 0 Å². The summed E-state index contributed by atoms with van der Waals surface area (Å²) in [5.41, 5.74) is 9.31. The molecule has 2 nitrogen and oxygen atoms in total. The molecule has 0 atom stereocenters. The molecule has 0 saturated carbocycles. The lowest BCUT2D eigenvalue weighted by molar-refractivity contribution is 1.19. The van der Waals surface area contributed by atoms with Gasteiger partial charge in [0.05, 0.1) is 16.7 Å². The van der Waals surface area contributed by atoms with E-state index in [1.807, 2.05) is 0 Å². The summed E-state index contributed by atoms with van der Waals surface area (Å²) < 4.78 is 2.43. The van der Waals surface area contributed by atoms with Gasteiger partial charge in [0.1, 0.15) is 0 Å². The first-order valence-corrected chi connectivity index (χ1v) is 15.8. The summed E-state index contributed by atoms with van der Waals surface area (Å²) in [6.45, 7) is 0. The zero-order valence-electron chi connectivity index (χ0n) is 25.2. The van der Waals surface area contributed by atoms with Gasteiger partial charge in [-0.15, -0.1) is 0 Å². The Balaban J connectivity index is 1.29. The maximum Gasteiger partial charge on any atom is 0.0547 e. The van der Waals surface area contributed by atoms with Gasteiger partial charge in [0.25, 0.3) is 0 Å². The molecule has 0 amide bonds. The Morgan fingerprint density at radius 3 is 1.74 bits per heavy atom. The van der Waals surface area contributed by atoms with E-state index in [-0.39, 0.29) is 0 Å². The molecule has 0 aliphatic heterocycles. The minimum Gasteiger partial charge on any atom is -0.310 e. The first-order valence-electron chi connectivity index (χ1n) is 15.8. The smallest absolute Gasteiger partial charge is 0.0547 e. The molecule has 2 heteroatoms. The van der Waals surface area contributed by atoms with Crippen molar-refractivity contribution in [2.75, 3.05) is 4.90 Å². The summed E-state index contributed by atoms with van der Waals surface area (Å²) in [6, 6.07) is 65.7. The zero-order chi connectivity index (χ0) is 30.5. The van der Waals surface area contributed by atoms with E-state index in [2.05, 4.69) is 191 Å². The molecule has 0 unspecified atom stereocenters. The van der Waals surface area contributed by atoms with Gasteiger partial charge in [0.2, 0.25) is 0 Å². The van der Waals surface area contributed by atoms with E-state index < -0.39 is 0 Å². The van der Waals surface area contributed by atoms with E-state index in [1.165, 1.54) is 54.5 Å². The maximum absolute atomic E-state index is 2.43. The van der Waals surface area contributed by atoms with Crippen LogP contribution < -0.4 is 4.90 Å². The van der Waals surface area contributed by atoms with Crippen LogP contribution in [-0.2, 0) is 0 Å². The fourth-order valence-electron chi connectivity index (χ4n) is 7.04. The van der Waals surface area contributed by atoms with Crippen molar-refractivity contribution in [3.8, 4) is 16.8 Å². The summed E-state index contributed by atoms with van der Waals surface area (Å²) >= 11 is 0. The maximum atomic E-state index is 2.43. The molecule has 1 aromatic heterocycles. The highest BCUT2D eigenvalue weighted by atomic mass is 15.1. The number of nitrogens with zero attached hydrogens (tertiary/aromatic N) is 2. The van der Waals surface area contributed by atoms with Crippen molar-refractivity contribution < 1.29 is 0 Å². The van der Waals surface area contributed by atoms with Gasteiger partial charge in [0, 0.05) is 33.4 Å². The van der Waals surface area contributed by atoms with E-state index >= 15 is 0 Å². The number of fused-ring (bicyclic) bond motifs is 6. The number of hydrogen-bond donors (Lipinski definition) is 0. The molecule has 0 N–H and O–H groups in total. The average molecular weight is 587 g/mol. The molecular formula is C44H30N2. The van der Waals surface area contributed by atoms with Crippen molar-refractivity contribution in [2.45, 2.75) is 0 Å². The normalized spacial score (nSPS) is 11.5. The molecule has 0 radical (unpaired) electrons. The summed E-state index contributed by atoms with van der Waals surface area (Å²) in [4.78, 5) is 2.35. The first-order chi connectivity index (χ1) is 22.8. The minimum atomic E-state index is 1.12. The molecule has 9 rings (SSSR count). The van der Waals surface area contributed by atoms with Crippen LogP contribution in [-0.4, -0.2) is 4.57 Å². The van der Waals surface area contributed by atoms with E-state index in [1.54, 1.807) is 0 Å². The fourth-order valence-corrected chi connectivity index (χ4v) is 7.04. The third kappa shape index (κ3) is 4.27. The zero-order valence-corrected chi connectivity index (χ0v) is 25.2. The summed E-state index contributed by atoms with van der Waals surface area (Å²) in [7, 11) is 0. The second kappa shape index (κ2) is 10.8. The number of benzene rings is 8. The summed E-state index contributed by atoms with van der Waals surface area (Å²) in [6.07, 6.45) is 0. The Hall–Kier alpha value is -6.12. The monoisotopic (exact) mass is 586 g/mol. The van der Waals surface area contributed by atoms with Crippen molar-refractivity contribution in [3.05, 3.63) is 182 Å². The van der Waals surface area contributed by atoms with Crippen LogP contribution in [0.4, 0.5) is 17.1 Å². The number of hydrogen-bond acceptors (Lipinski definition) is 1. The largest absolute Gasteiger partial charge is 0.310 e. The van der Waals surface area contributed by atoms with Crippen LogP contribution in [0, 0.1) is 0 Å². The first kappa shape index (κ1) is 26.3. The van der Waals surface area contributed by atoms with Gasteiger partial charge in [-0.25, -0.2) is 0 Å². The standard InChI is InChI=1S/C44H30N2/c1-3-14-34(15-4-1)45(35-16-5-2-6-17-35)42-21-11-9-19-38(42)33-26-28-40-39-20-10-12-22-43(39)46(44(40)29-33)36-27-25-32-24-23-31-13-7-8-18-37(31)41(32)30-36/h1-30H. The molecule has 46 heavy (non-hydrogen) atoms. The third-order valence-electron chi connectivity index (χ3n) is 9.15.